The van der Waals surface area contributed by atoms with Gasteiger partial charge < -0.3 is 9.13 Å². The smallest absolute Gasteiger partial charge is 0.270 e. The average Bonchev–Trinajstić information content (AvgIpc) is 3.89. The van der Waals surface area contributed by atoms with E-state index in [2.05, 4.69) is 203 Å². The van der Waals surface area contributed by atoms with Crippen LogP contribution in [0.2, 0.25) is 0 Å². The fraction of sp³-hybridized carbons (Fsp3) is 0. The van der Waals surface area contributed by atoms with Crippen LogP contribution in [0, 0.1) is 10.1 Å². The van der Waals surface area contributed by atoms with Crippen molar-refractivity contribution in [2.45, 2.75) is 0 Å². The minimum Gasteiger partial charge on any atom is -0.309 e. The Balaban J connectivity index is 1.19. The predicted octanol–water partition coefficient (Wildman–Crippen LogP) is 16.2. The van der Waals surface area contributed by atoms with Crippen molar-refractivity contribution >= 4 is 81.6 Å². The molecule has 2 aromatic heterocycles. The molecule has 13 aromatic rings. The van der Waals surface area contributed by atoms with Crippen LogP contribution in [0.15, 0.2) is 224 Å². The zero-order chi connectivity index (χ0) is 43.2. The first-order valence-electron chi connectivity index (χ1n) is 21.9. The maximum absolute atomic E-state index is 12.7. The number of benzene rings is 11. The van der Waals surface area contributed by atoms with Crippen molar-refractivity contribution < 1.29 is 4.92 Å². The Morgan fingerprint density at radius 2 is 0.738 bits per heavy atom. The molecule has 0 fully saturated rings. The van der Waals surface area contributed by atoms with Crippen molar-refractivity contribution in [3.63, 3.8) is 0 Å². The molecular weight excluding hydrogens is 795 g/mol. The molecule has 0 unspecified atom stereocenters. The average molecular weight is 832 g/mol. The van der Waals surface area contributed by atoms with Crippen LogP contribution in [0.3, 0.4) is 0 Å². The van der Waals surface area contributed by atoms with Crippen molar-refractivity contribution in [1.82, 2.24) is 9.13 Å². The van der Waals surface area contributed by atoms with Crippen LogP contribution in [0.5, 0.6) is 0 Å². The predicted molar refractivity (Wildman–Crippen MR) is 271 cm³/mol. The van der Waals surface area contributed by atoms with Gasteiger partial charge in [-0.2, -0.15) is 0 Å². The van der Waals surface area contributed by atoms with Crippen molar-refractivity contribution in [2.75, 3.05) is 0 Å². The molecule has 304 valence electrons. The van der Waals surface area contributed by atoms with E-state index < -0.39 is 0 Å². The monoisotopic (exact) mass is 831 g/mol. The first-order valence-corrected chi connectivity index (χ1v) is 21.9. The summed E-state index contributed by atoms with van der Waals surface area (Å²) in [5, 5.41) is 23.4. The molecular formula is C60H37N3O2. The quantitative estimate of drug-likeness (QED) is 0.0952. The van der Waals surface area contributed by atoms with Gasteiger partial charge in [0.1, 0.15) is 0 Å². The summed E-state index contributed by atoms with van der Waals surface area (Å²) in [6.07, 6.45) is 0. The van der Waals surface area contributed by atoms with Crippen LogP contribution >= 0.6 is 0 Å². The summed E-state index contributed by atoms with van der Waals surface area (Å²) in [7, 11) is 0. The minimum atomic E-state index is -0.271. The minimum absolute atomic E-state index is 0.0631. The van der Waals surface area contributed by atoms with Gasteiger partial charge in [-0.3, -0.25) is 10.1 Å². The lowest BCUT2D eigenvalue weighted by Gasteiger charge is -2.19. The lowest BCUT2D eigenvalue weighted by Crippen LogP contribution is -1.95. The van der Waals surface area contributed by atoms with Gasteiger partial charge in [0, 0.05) is 45.1 Å². The molecule has 0 spiro atoms. The molecule has 0 atom stereocenters. The van der Waals surface area contributed by atoms with E-state index in [4.69, 9.17) is 0 Å². The van der Waals surface area contributed by atoms with Gasteiger partial charge in [-0.05, 0) is 120 Å². The third-order valence-corrected chi connectivity index (χ3v) is 13.4. The number of rotatable bonds is 6. The number of para-hydroxylation sites is 4. The number of non-ortho nitro benzene ring substituents is 1. The number of hydrogen-bond acceptors (Lipinski definition) is 2. The molecule has 0 aliphatic carbocycles. The lowest BCUT2D eigenvalue weighted by atomic mass is 9.84. The van der Waals surface area contributed by atoms with Crippen molar-refractivity contribution in [3.05, 3.63) is 235 Å². The number of hydrogen-bond donors (Lipinski definition) is 0. The van der Waals surface area contributed by atoms with Gasteiger partial charge >= 0.3 is 0 Å². The molecule has 0 amide bonds. The molecule has 11 aromatic carbocycles. The summed E-state index contributed by atoms with van der Waals surface area (Å²) in [6, 6.07) is 78.8. The fourth-order valence-corrected chi connectivity index (χ4v) is 10.7. The molecule has 0 saturated heterocycles. The van der Waals surface area contributed by atoms with Gasteiger partial charge in [0.2, 0.25) is 0 Å². The molecule has 5 heteroatoms. The highest BCUT2D eigenvalue weighted by Gasteiger charge is 2.24. The molecule has 0 saturated carbocycles. The highest BCUT2D eigenvalue weighted by atomic mass is 16.6. The number of fused-ring (bicyclic) bond motifs is 9. The second-order valence-corrected chi connectivity index (χ2v) is 16.8. The van der Waals surface area contributed by atoms with Crippen LogP contribution < -0.4 is 0 Å². The normalized spacial score (nSPS) is 11.8. The van der Waals surface area contributed by atoms with Gasteiger partial charge in [0.25, 0.3) is 5.69 Å². The molecule has 2 heterocycles. The Morgan fingerprint density at radius 3 is 1.26 bits per heavy atom. The Hall–Kier alpha value is -8.80. The fourth-order valence-electron chi connectivity index (χ4n) is 10.7. The maximum Gasteiger partial charge on any atom is 0.270 e. The molecule has 0 aliphatic rings. The van der Waals surface area contributed by atoms with E-state index in [0.717, 1.165) is 99.1 Å². The molecule has 0 bridgehead atoms. The second kappa shape index (κ2) is 14.4. The summed E-state index contributed by atoms with van der Waals surface area (Å²) in [4.78, 5) is 12.4. The largest absolute Gasteiger partial charge is 0.309 e. The molecule has 65 heavy (non-hydrogen) atoms. The van der Waals surface area contributed by atoms with Crippen LogP contribution in [0.4, 0.5) is 5.69 Å². The van der Waals surface area contributed by atoms with Crippen LogP contribution in [-0.4, -0.2) is 14.1 Å². The van der Waals surface area contributed by atoms with Crippen LogP contribution in [-0.2, 0) is 0 Å². The summed E-state index contributed by atoms with van der Waals surface area (Å²) in [6.45, 7) is 0. The van der Waals surface area contributed by atoms with E-state index in [1.165, 1.54) is 21.5 Å². The van der Waals surface area contributed by atoms with Crippen molar-refractivity contribution in [2.24, 2.45) is 0 Å². The van der Waals surface area contributed by atoms with Crippen molar-refractivity contribution in [1.29, 1.82) is 0 Å². The summed E-state index contributed by atoms with van der Waals surface area (Å²) >= 11 is 0. The third kappa shape index (κ3) is 5.52. The zero-order valence-corrected chi connectivity index (χ0v) is 35.0. The third-order valence-electron chi connectivity index (χ3n) is 13.4. The SMILES string of the molecule is O=[N+]([O-])c1cc(-c2c3cccc(-c4cccc5c4c4ccccc4n5-c4ccccc4)c3cc3c(-c4cccc5c4c4ccccc4n5-c4ccccc4)cccc23)c2ccccc2c1. The van der Waals surface area contributed by atoms with E-state index in [9.17, 15) is 10.1 Å². The van der Waals surface area contributed by atoms with E-state index in [0.29, 0.717) is 0 Å². The van der Waals surface area contributed by atoms with Gasteiger partial charge in [0.15, 0.2) is 0 Å². The molecule has 0 aliphatic heterocycles. The summed E-state index contributed by atoms with van der Waals surface area (Å²) < 4.78 is 4.72. The zero-order valence-electron chi connectivity index (χ0n) is 35.0. The maximum atomic E-state index is 12.7. The van der Waals surface area contributed by atoms with E-state index in [1.54, 1.807) is 12.1 Å². The Kier molecular flexibility index (Phi) is 8.14. The van der Waals surface area contributed by atoms with Gasteiger partial charge in [0.05, 0.1) is 27.0 Å². The molecule has 13 rings (SSSR count). The first kappa shape index (κ1) is 36.8. The first-order chi connectivity index (χ1) is 32.1. The number of nitro groups is 1. The van der Waals surface area contributed by atoms with Gasteiger partial charge in [-0.25, -0.2) is 0 Å². The van der Waals surface area contributed by atoms with E-state index in [-0.39, 0.29) is 10.6 Å². The number of nitro benzene ring substituents is 1. The van der Waals surface area contributed by atoms with Crippen LogP contribution in [0.25, 0.3) is 121 Å². The highest BCUT2D eigenvalue weighted by molar-refractivity contribution is 6.26. The number of aromatic nitrogens is 2. The number of nitrogens with zero attached hydrogens (tertiary/aromatic N) is 3. The van der Waals surface area contributed by atoms with Crippen molar-refractivity contribution in [3.8, 4) is 44.8 Å². The molecule has 5 nitrogen and oxygen atoms in total. The van der Waals surface area contributed by atoms with Gasteiger partial charge in [-0.15, -0.1) is 0 Å². The Bertz CT molecular complexity index is 3870. The van der Waals surface area contributed by atoms with E-state index >= 15 is 0 Å². The Morgan fingerprint density at radius 1 is 0.323 bits per heavy atom. The highest BCUT2D eigenvalue weighted by Crippen LogP contribution is 2.49. The summed E-state index contributed by atoms with van der Waals surface area (Å²) in [5.41, 5.74) is 13.0. The van der Waals surface area contributed by atoms with Gasteiger partial charge in [-0.1, -0.05) is 158 Å². The van der Waals surface area contributed by atoms with E-state index in [1.807, 2.05) is 18.2 Å². The molecule has 0 radical (unpaired) electrons. The molecule has 0 N–H and O–H groups in total. The van der Waals surface area contributed by atoms with Crippen LogP contribution in [0.1, 0.15) is 0 Å². The second-order valence-electron chi connectivity index (χ2n) is 16.8. The Labute approximate surface area is 373 Å². The summed E-state index contributed by atoms with van der Waals surface area (Å²) in [5.74, 6) is 0. The topological polar surface area (TPSA) is 53.0 Å². The standard InChI is InChI=1S/C60H37N3O2/c64-63(65)41-35-38-17-7-8-22-42(38)53(36-41)58-47-27-13-25-43(45-29-15-33-56-59(45)49-23-9-11-31-54(49)61(56)39-18-3-1-4-19-39)51(47)37-52-44(26-14-28-48(52)58)46-30-16-34-57-60(46)50-24-10-12-32-55(50)62(57)40-20-5-2-6-21-40/h1-37H. The lowest BCUT2D eigenvalue weighted by molar-refractivity contribution is -0.384.